The summed E-state index contributed by atoms with van der Waals surface area (Å²) in [5.74, 6) is 1.57. The minimum atomic E-state index is -0.301. The topological polar surface area (TPSA) is 108 Å². The van der Waals surface area contributed by atoms with Crippen LogP contribution in [0, 0.1) is 17.8 Å². The summed E-state index contributed by atoms with van der Waals surface area (Å²) in [6.07, 6.45) is 3.80. The minimum absolute atomic E-state index is 0.0216. The molecule has 3 aliphatic rings. The Kier molecular flexibility index (Phi) is 4.96. The summed E-state index contributed by atoms with van der Waals surface area (Å²) in [6, 6.07) is 15.9. The van der Waals surface area contributed by atoms with Crippen LogP contribution in [0.4, 0.5) is 11.4 Å². The third kappa shape index (κ3) is 3.81. The Morgan fingerprint density at radius 1 is 1.09 bits per heavy atom. The molecule has 2 aromatic carbocycles. The van der Waals surface area contributed by atoms with Crippen molar-refractivity contribution in [3.63, 3.8) is 0 Å². The first-order valence-electron chi connectivity index (χ1n) is 11.3. The molecule has 0 bridgehead atoms. The van der Waals surface area contributed by atoms with E-state index in [9.17, 15) is 4.79 Å². The maximum atomic E-state index is 12.8. The highest BCUT2D eigenvalue weighted by atomic mass is 35.5. The number of rotatable bonds is 4. The van der Waals surface area contributed by atoms with Gasteiger partial charge in [-0.05, 0) is 48.9 Å². The number of aromatic amines is 1. The van der Waals surface area contributed by atoms with Crippen molar-refractivity contribution in [2.75, 3.05) is 17.2 Å². The van der Waals surface area contributed by atoms with E-state index in [1.807, 2.05) is 48.7 Å². The molecule has 168 valence electrons. The number of fused-ring (bicyclic) bond motifs is 2. The number of H-pyrrole nitrogens is 1. The number of carbonyl (C=O) groups excluding carboxylic acids is 1. The quantitative estimate of drug-likeness (QED) is 0.442. The molecule has 33 heavy (non-hydrogen) atoms. The molecule has 8 heteroatoms. The van der Waals surface area contributed by atoms with Gasteiger partial charge in [0.15, 0.2) is 0 Å². The number of aliphatic imine (C=N–C) groups is 2. The molecule has 0 radical (unpaired) electrons. The van der Waals surface area contributed by atoms with Crippen molar-refractivity contribution < 1.29 is 4.79 Å². The summed E-state index contributed by atoms with van der Waals surface area (Å²) in [6.45, 7) is 0.434. The second-order valence-electron chi connectivity index (χ2n) is 9.14. The number of halogens is 1. The van der Waals surface area contributed by atoms with Crippen molar-refractivity contribution in [3.8, 4) is 0 Å². The second kappa shape index (κ2) is 8.01. The summed E-state index contributed by atoms with van der Waals surface area (Å²) < 4.78 is 0. The highest BCUT2D eigenvalue weighted by Gasteiger charge is 2.55. The average molecular weight is 461 g/mol. The van der Waals surface area contributed by atoms with Gasteiger partial charge in [-0.2, -0.15) is 0 Å². The minimum Gasteiger partial charge on any atom is -0.360 e. The molecule has 7 nitrogen and oxygen atoms in total. The molecule has 0 saturated heterocycles. The number of carbonyl (C=O) groups is 1. The lowest BCUT2D eigenvalue weighted by molar-refractivity contribution is -0.120. The number of alkyl halides is 1. The van der Waals surface area contributed by atoms with Gasteiger partial charge in [-0.25, -0.2) is 9.98 Å². The molecule has 1 amide bonds. The summed E-state index contributed by atoms with van der Waals surface area (Å²) in [4.78, 5) is 25.3. The van der Waals surface area contributed by atoms with Crippen molar-refractivity contribution in [1.29, 1.82) is 0 Å². The largest absolute Gasteiger partial charge is 0.360 e. The third-order valence-corrected chi connectivity index (χ3v) is 7.34. The van der Waals surface area contributed by atoms with E-state index in [4.69, 9.17) is 22.3 Å². The van der Waals surface area contributed by atoms with E-state index in [1.165, 1.54) is 0 Å². The van der Waals surface area contributed by atoms with Gasteiger partial charge in [0.05, 0.1) is 17.6 Å². The van der Waals surface area contributed by atoms with Gasteiger partial charge >= 0.3 is 0 Å². The predicted octanol–water partition coefficient (Wildman–Crippen LogP) is 3.97. The predicted molar refractivity (Wildman–Crippen MR) is 133 cm³/mol. The van der Waals surface area contributed by atoms with E-state index in [1.54, 1.807) is 0 Å². The fraction of sp³-hybridized carbons (Fsp3) is 0.320. The number of amides is 1. The lowest BCUT2D eigenvalue weighted by Gasteiger charge is -2.18. The van der Waals surface area contributed by atoms with Crippen molar-refractivity contribution in [3.05, 3.63) is 60.3 Å². The summed E-state index contributed by atoms with van der Waals surface area (Å²) >= 11 is 6.58. The number of anilines is 2. The molecule has 2 fully saturated rings. The number of nitrogens with zero attached hydrogens (tertiary/aromatic N) is 2. The van der Waals surface area contributed by atoms with E-state index < -0.39 is 0 Å². The number of para-hydroxylation sites is 1. The molecule has 2 saturated carbocycles. The molecule has 2 aliphatic carbocycles. The molecule has 3 aromatic rings. The number of aromatic nitrogens is 1. The molecule has 3 unspecified atom stereocenters. The van der Waals surface area contributed by atoms with Gasteiger partial charge in [0.2, 0.25) is 11.9 Å². The highest BCUT2D eigenvalue weighted by molar-refractivity contribution is 6.38. The number of nitrogens with one attached hydrogen (secondary N) is 3. The van der Waals surface area contributed by atoms with Crippen LogP contribution < -0.4 is 16.4 Å². The molecule has 1 aromatic heterocycles. The van der Waals surface area contributed by atoms with Gasteiger partial charge < -0.3 is 21.4 Å². The Balaban J connectivity index is 1.19. The van der Waals surface area contributed by atoms with Crippen LogP contribution >= 0.6 is 11.6 Å². The fourth-order valence-corrected chi connectivity index (χ4v) is 5.46. The van der Waals surface area contributed by atoms with Crippen LogP contribution in [0.3, 0.4) is 0 Å². The molecule has 5 atom stereocenters. The third-order valence-electron chi connectivity index (χ3n) is 7.00. The van der Waals surface area contributed by atoms with Crippen LogP contribution in [0.1, 0.15) is 18.4 Å². The summed E-state index contributed by atoms with van der Waals surface area (Å²) in [7, 11) is 0. The Bertz CT molecular complexity index is 1300. The fourth-order valence-electron chi connectivity index (χ4n) is 5.23. The summed E-state index contributed by atoms with van der Waals surface area (Å²) in [5, 5.41) is 7.11. The van der Waals surface area contributed by atoms with Crippen molar-refractivity contribution in [1.82, 2.24) is 4.98 Å². The van der Waals surface area contributed by atoms with Crippen LogP contribution in [-0.4, -0.2) is 40.5 Å². The zero-order chi connectivity index (χ0) is 22.5. The smallest absolute Gasteiger partial charge is 0.227 e. The molecular formula is C25H25ClN6O. The van der Waals surface area contributed by atoms with E-state index >= 15 is 0 Å². The van der Waals surface area contributed by atoms with E-state index in [-0.39, 0.29) is 23.2 Å². The van der Waals surface area contributed by atoms with E-state index in [0.29, 0.717) is 24.3 Å². The standard InChI is InChI=1S/C25H25ClN6O/c26-20-12-29-25(32-23(20)19-11-28-22-7-2-1-6-15(19)22)31-14-5-3-4-13(8-14)30-24(33)18-10-21(27)17-9-16(17)18/h1-8,11,16-18,20-21,28H,9-10,12,27H2,(H,29,31)(H,30,33)/t16?,17?,18-,20?,21+/m0/s1. The Labute approximate surface area is 196 Å². The van der Waals surface area contributed by atoms with Crippen LogP contribution in [0.5, 0.6) is 0 Å². The van der Waals surface area contributed by atoms with Crippen LogP contribution in [0.25, 0.3) is 10.9 Å². The molecule has 0 spiro atoms. The number of guanidine groups is 1. The first kappa shape index (κ1) is 20.4. The maximum absolute atomic E-state index is 12.8. The monoisotopic (exact) mass is 460 g/mol. The number of nitrogens with two attached hydrogens (primary N) is 1. The van der Waals surface area contributed by atoms with Crippen LogP contribution in [0.15, 0.2) is 64.7 Å². The number of hydrogen-bond donors (Lipinski definition) is 4. The number of benzene rings is 2. The molecule has 6 rings (SSSR count). The molecular weight excluding hydrogens is 436 g/mol. The summed E-state index contributed by atoms with van der Waals surface area (Å²) in [5.41, 5.74) is 10.5. The van der Waals surface area contributed by atoms with Gasteiger partial charge in [0.1, 0.15) is 0 Å². The van der Waals surface area contributed by atoms with Gasteiger partial charge in [0.25, 0.3) is 0 Å². The maximum Gasteiger partial charge on any atom is 0.227 e. The van der Waals surface area contributed by atoms with Gasteiger partial charge in [-0.3, -0.25) is 4.79 Å². The van der Waals surface area contributed by atoms with Gasteiger partial charge in [-0.1, -0.05) is 24.3 Å². The van der Waals surface area contributed by atoms with E-state index in [2.05, 4.69) is 26.7 Å². The Hall–Kier alpha value is -3.16. The average Bonchev–Trinajstić information content (AvgIpc) is 3.39. The normalized spacial score (nSPS) is 28.1. The Morgan fingerprint density at radius 2 is 1.94 bits per heavy atom. The van der Waals surface area contributed by atoms with E-state index in [0.717, 1.165) is 46.4 Å². The first-order chi connectivity index (χ1) is 16.1. The van der Waals surface area contributed by atoms with Gasteiger partial charge in [-0.15, -0.1) is 11.6 Å². The highest BCUT2D eigenvalue weighted by Crippen LogP contribution is 2.54. The molecule has 5 N–H and O–H groups in total. The molecule has 2 heterocycles. The second-order valence-corrected chi connectivity index (χ2v) is 9.67. The molecule has 1 aliphatic heterocycles. The first-order valence-corrected chi connectivity index (χ1v) is 11.8. The Morgan fingerprint density at radius 3 is 2.76 bits per heavy atom. The zero-order valence-corrected chi connectivity index (χ0v) is 18.7. The van der Waals surface area contributed by atoms with Crippen molar-refractivity contribution in [2.24, 2.45) is 33.5 Å². The zero-order valence-electron chi connectivity index (χ0n) is 18.0. The van der Waals surface area contributed by atoms with Crippen molar-refractivity contribution >= 4 is 51.5 Å². The SMILES string of the molecule is N[C@@H]1C[C@H](C(=O)Nc2cccc(NC3=NCC(Cl)C(c4c[nH]c5ccccc45)=N3)c2)C2CC21. The van der Waals surface area contributed by atoms with Crippen LogP contribution in [0.2, 0.25) is 0 Å². The van der Waals surface area contributed by atoms with Crippen LogP contribution in [-0.2, 0) is 4.79 Å². The van der Waals surface area contributed by atoms with Gasteiger partial charge in [0, 0.05) is 46.0 Å². The van der Waals surface area contributed by atoms with Crippen molar-refractivity contribution in [2.45, 2.75) is 24.3 Å². The number of hydrogen-bond acceptors (Lipinski definition) is 5. The lowest BCUT2D eigenvalue weighted by Crippen LogP contribution is -2.28. The lowest BCUT2D eigenvalue weighted by atomic mass is 10.0.